The Bertz CT molecular complexity index is 587. The third kappa shape index (κ3) is 5.88. The van der Waals surface area contributed by atoms with Crippen molar-refractivity contribution in [2.45, 2.75) is 19.5 Å². The van der Waals surface area contributed by atoms with E-state index in [0.717, 1.165) is 6.07 Å². The maximum absolute atomic E-state index is 13.1. The van der Waals surface area contributed by atoms with Gasteiger partial charge >= 0.3 is 6.18 Å². The molecule has 0 aliphatic rings. The quantitative estimate of drug-likeness (QED) is 0.816. The second-order valence-electron chi connectivity index (χ2n) is 4.55. The SMILES string of the molecule is CCC(COc1ccc(F)c(C(F)(F)F)c1)CS(N)(=O)=O. The van der Waals surface area contributed by atoms with Crippen LogP contribution in [0.1, 0.15) is 18.9 Å². The minimum absolute atomic E-state index is 0.129. The molecule has 120 valence electrons. The number of hydrogen-bond acceptors (Lipinski definition) is 3. The van der Waals surface area contributed by atoms with Crippen LogP contribution in [0, 0.1) is 11.7 Å². The van der Waals surface area contributed by atoms with Crippen molar-refractivity contribution in [3.05, 3.63) is 29.6 Å². The molecule has 0 spiro atoms. The predicted molar refractivity (Wildman–Crippen MR) is 68.7 cm³/mol. The third-order valence-electron chi connectivity index (χ3n) is 2.77. The van der Waals surface area contributed by atoms with Gasteiger partial charge in [-0.15, -0.1) is 0 Å². The molecule has 0 radical (unpaired) electrons. The molecule has 0 aliphatic heterocycles. The molecular weight excluding hydrogens is 314 g/mol. The number of primary sulfonamides is 1. The van der Waals surface area contributed by atoms with Crippen LogP contribution in [-0.4, -0.2) is 20.8 Å². The Labute approximate surface area is 119 Å². The molecule has 1 aromatic rings. The summed E-state index contributed by atoms with van der Waals surface area (Å²) in [6.07, 6.45) is -4.40. The maximum atomic E-state index is 13.1. The molecule has 21 heavy (non-hydrogen) atoms. The van der Waals surface area contributed by atoms with Crippen LogP contribution in [-0.2, 0) is 16.2 Å². The second kappa shape index (κ2) is 6.61. The lowest BCUT2D eigenvalue weighted by Gasteiger charge is -2.16. The standard InChI is InChI=1S/C12H15F4NO3S/c1-2-8(7-21(17,18)19)6-20-9-3-4-11(13)10(5-9)12(14,15)16/h3-5,8H,2,6-7H2,1H3,(H2,17,18,19). The van der Waals surface area contributed by atoms with Crippen molar-refractivity contribution in [1.29, 1.82) is 0 Å². The smallest absolute Gasteiger partial charge is 0.419 e. The Balaban J connectivity index is 2.80. The van der Waals surface area contributed by atoms with Crippen LogP contribution in [0.25, 0.3) is 0 Å². The van der Waals surface area contributed by atoms with Crippen LogP contribution in [0.5, 0.6) is 5.75 Å². The van der Waals surface area contributed by atoms with Crippen LogP contribution in [0.4, 0.5) is 17.6 Å². The van der Waals surface area contributed by atoms with E-state index in [0.29, 0.717) is 18.6 Å². The fourth-order valence-electron chi connectivity index (χ4n) is 1.64. The van der Waals surface area contributed by atoms with E-state index in [4.69, 9.17) is 9.88 Å². The van der Waals surface area contributed by atoms with Crippen LogP contribution in [0.2, 0.25) is 0 Å². The summed E-state index contributed by atoms with van der Waals surface area (Å²) in [5.41, 5.74) is -1.43. The van der Waals surface area contributed by atoms with E-state index in [1.807, 2.05) is 0 Å². The monoisotopic (exact) mass is 329 g/mol. The number of halogens is 4. The average molecular weight is 329 g/mol. The molecule has 0 aromatic heterocycles. The zero-order chi connectivity index (χ0) is 16.3. The van der Waals surface area contributed by atoms with Crippen molar-refractivity contribution in [3.8, 4) is 5.75 Å². The Morgan fingerprint density at radius 1 is 1.33 bits per heavy atom. The molecule has 0 aliphatic carbocycles. The van der Waals surface area contributed by atoms with E-state index >= 15 is 0 Å². The van der Waals surface area contributed by atoms with Crippen molar-refractivity contribution in [2.24, 2.45) is 11.1 Å². The second-order valence-corrected chi connectivity index (χ2v) is 6.21. The summed E-state index contributed by atoms with van der Waals surface area (Å²) >= 11 is 0. The van der Waals surface area contributed by atoms with E-state index in [-0.39, 0.29) is 18.1 Å². The highest BCUT2D eigenvalue weighted by Crippen LogP contribution is 2.33. The van der Waals surface area contributed by atoms with Gasteiger partial charge in [0.05, 0.1) is 17.9 Å². The van der Waals surface area contributed by atoms with Gasteiger partial charge in [-0.1, -0.05) is 6.92 Å². The first kappa shape index (κ1) is 17.7. The number of nitrogens with two attached hydrogens (primary N) is 1. The van der Waals surface area contributed by atoms with Gasteiger partial charge in [-0.25, -0.2) is 17.9 Å². The Kier molecular flexibility index (Phi) is 5.57. The van der Waals surface area contributed by atoms with Gasteiger partial charge in [0.15, 0.2) is 0 Å². The zero-order valence-electron chi connectivity index (χ0n) is 11.2. The van der Waals surface area contributed by atoms with Gasteiger partial charge in [0.1, 0.15) is 11.6 Å². The summed E-state index contributed by atoms with van der Waals surface area (Å²) in [6.45, 7) is 1.57. The fraction of sp³-hybridized carbons (Fsp3) is 0.500. The number of benzene rings is 1. The van der Waals surface area contributed by atoms with Crippen LogP contribution >= 0.6 is 0 Å². The summed E-state index contributed by atoms with van der Waals surface area (Å²) in [7, 11) is -3.70. The average Bonchev–Trinajstić information content (AvgIpc) is 2.33. The summed E-state index contributed by atoms with van der Waals surface area (Å²) in [5, 5.41) is 4.90. The largest absolute Gasteiger partial charge is 0.493 e. The molecule has 0 saturated heterocycles. The molecule has 0 bridgehead atoms. The van der Waals surface area contributed by atoms with Gasteiger partial charge in [-0.3, -0.25) is 0 Å². The van der Waals surface area contributed by atoms with Crippen molar-refractivity contribution in [1.82, 2.24) is 0 Å². The molecule has 1 atom stereocenters. The van der Waals surface area contributed by atoms with Crippen molar-refractivity contribution in [3.63, 3.8) is 0 Å². The van der Waals surface area contributed by atoms with E-state index in [9.17, 15) is 26.0 Å². The van der Waals surface area contributed by atoms with Crippen molar-refractivity contribution < 1.29 is 30.7 Å². The normalized spacial score (nSPS) is 14.0. The van der Waals surface area contributed by atoms with Gasteiger partial charge < -0.3 is 4.74 Å². The summed E-state index contributed by atoms with van der Waals surface area (Å²) in [6, 6.07) is 2.24. The van der Waals surface area contributed by atoms with E-state index in [1.165, 1.54) is 0 Å². The molecule has 9 heteroatoms. The highest BCUT2D eigenvalue weighted by molar-refractivity contribution is 7.89. The lowest BCUT2D eigenvalue weighted by molar-refractivity contribution is -0.140. The first-order chi connectivity index (χ1) is 9.53. The summed E-state index contributed by atoms with van der Waals surface area (Å²) < 4.78 is 77.7. The molecule has 0 fully saturated rings. The summed E-state index contributed by atoms with van der Waals surface area (Å²) in [5.74, 6) is -2.38. The minimum Gasteiger partial charge on any atom is -0.493 e. The molecule has 0 heterocycles. The molecule has 0 amide bonds. The fourth-order valence-corrected chi connectivity index (χ4v) is 2.63. The van der Waals surface area contributed by atoms with Crippen LogP contribution in [0.3, 0.4) is 0 Å². The van der Waals surface area contributed by atoms with Gasteiger partial charge in [-0.05, 0) is 24.6 Å². The van der Waals surface area contributed by atoms with E-state index in [1.54, 1.807) is 6.92 Å². The number of sulfonamides is 1. The van der Waals surface area contributed by atoms with Gasteiger partial charge in [-0.2, -0.15) is 13.2 Å². The highest BCUT2D eigenvalue weighted by Gasteiger charge is 2.34. The maximum Gasteiger partial charge on any atom is 0.419 e. The van der Waals surface area contributed by atoms with Gasteiger partial charge in [0.2, 0.25) is 10.0 Å². The highest BCUT2D eigenvalue weighted by atomic mass is 32.2. The van der Waals surface area contributed by atoms with Crippen LogP contribution < -0.4 is 9.88 Å². The number of ether oxygens (including phenoxy) is 1. The van der Waals surface area contributed by atoms with Crippen molar-refractivity contribution >= 4 is 10.0 Å². The lowest BCUT2D eigenvalue weighted by Crippen LogP contribution is -2.26. The lowest BCUT2D eigenvalue weighted by atomic mass is 10.1. The van der Waals surface area contributed by atoms with Crippen molar-refractivity contribution in [2.75, 3.05) is 12.4 Å². The first-order valence-electron chi connectivity index (χ1n) is 6.03. The molecule has 1 aromatic carbocycles. The van der Waals surface area contributed by atoms with E-state index < -0.39 is 33.5 Å². The molecule has 1 unspecified atom stereocenters. The predicted octanol–water partition coefficient (Wildman–Crippen LogP) is 2.54. The Morgan fingerprint density at radius 3 is 2.43 bits per heavy atom. The number of alkyl halides is 3. The van der Waals surface area contributed by atoms with Gasteiger partial charge in [0.25, 0.3) is 0 Å². The van der Waals surface area contributed by atoms with Crippen LogP contribution in [0.15, 0.2) is 18.2 Å². The minimum atomic E-state index is -4.83. The van der Waals surface area contributed by atoms with Gasteiger partial charge in [0, 0.05) is 5.92 Å². The topological polar surface area (TPSA) is 69.4 Å². The zero-order valence-corrected chi connectivity index (χ0v) is 12.0. The summed E-state index contributed by atoms with van der Waals surface area (Å²) in [4.78, 5) is 0. The Hall–Kier alpha value is -1.35. The van der Waals surface area contributed by atoms with E-state index in [2.05, 4.69) is 0 Å². The molecule has 0 saturated carbocycles. The number of hydrogen-bond donors (Lipinski definition) is 1. The Morgan fingerprint density at radius 2 is 1.95 bits per heavy atom. The number of rotatable bonds is 6. The molecular formula is C12H15F4NO3S. The first-order valence-corrected chi connectivity index (χ1v) is 7.74. The third-order valence-corrected chi connectivity index (χ3v) is 3.71. The molecule has 2 N–H and O–H groups in total. The molecule has 1 rings (SSSR count). The molecule has 4 nitrogen and oxygen atoms in total.